The minimum atomic E-state index is -0.128. The lowest BCUT2D eigenvalue weighted by atomic mass is 10.2. The van der Waals surface area contributed by atoms with Crippen LogP contribution in [0.25, 0.3) is 0 Å². The van der Waals surface area contributed by atoms with Gasteiger partial charge in [-0.2, -0.15) is 0 Å². The second-order valence-electron chi connectivity index (χ2n) is 5.59. The van der Waals surface area contributed by atoms with E-state index in [0.29, 0.717) is 6.54 Å². The van der Waals surface area contributed by atoms with Gasteiger partial charge in [0.2, 0.25) is 11.8 Å². The molecule has 1 saturated carbocycles. The average Bonchev–Trinajstić information content (AvgIpc) is 3.30. The lowest BCUT2D eigenvalue weighted by molar-refractivity contribution is -0.132. The Hall–Kier alpha value is -1.88. The number of carbonyl (C=O) groups is 2. The molecule has 0 saturated heterocycles. The Balaban J connectivity index is 1.62. The third-order valence-electron chi connectivity index (χ3n) is 3.54. The van der Waals surface area contributed by atoms with E-state index in [-0.39, 0.29) is 24.9 Å². The monoisotopic (exact) mass is 289 g/mol. The summed E-state index contributed by atoms with van der Waals surface area (Å²) in [5.41, 5.74) is 1.07. The van der Waals surface area contributed by atoms with Crippen molar-refractivity contribution in [3.8, 4) is 0 Å². The Morgan fingerprint density at radius 2 is 1.90 bits per heavy atom. The number of benzene rings is 1. The molecule has 0 heterocycles. The van der Waals surface area contributed by atoms with Crippen LogP contribution >= 0.6 is 0 Å². The first kappa shape index (κ1) is 15.5. The molecule has 0 radical (unpaired) electrons. The Morgan fingerprint density at radius 1 is 1.19 bits per heavy atom. The quantitative estimate of drug-likeness (QED) is 0.743. The number of carbonyl (C=O) groups excluding carboxylic acids is 2. The van der Waals surface area contributed by atoms with Gasteiger partial charge in [0.05, 0.1) is 13.1 Å². The number of nitrogens with zero attached hydrogens (tertiary/aromatic N) is 1. The summed E-state index contributed by atoms with van der Waals surface area (Å²) in [7, 11) is 1.74. The lowest BCUT2D eigenvalue weighted by Gasteiger charge is -2.17. The maximum absolute atomic E-state index is 11.9. The number of hydrogen-bond acceptors (Lipinski definition) is 3. The van der Waals surface area contributed by atoms with Crippen LogP contribution in [0, 0.1) is 5.92 Å². The van der Waals surface area contributed by atoms with Crippen LogP contribution in [0.5, 0.6) is 0 Å². The Kier molecular flexibility index (Phi) is 5.75. The summed E-state index contributed by atoms with van der Waals surface area (Å²) in [6.07, 6.45) is 2.52. The van der Waals surface area contributed by atoms with Crippen LogP contribution in [0.15, 0.2) is 30.3 Å². The van der Waals surface area contributed by atoms with Crippen molar-refractivity contribution in [2.24, 2.45) is 5.92 Å². The molecule has 0 bridgehead atoms. The molecule has 0 aromatic heterocycles. The molecule has 0 spiro atoms. The van der Waals surface area contributed by atoms with Crippen molar-refractivity contribution in [3.63, 3.8) is 0 Å². The van der Waals surface area contributed by atoms with Gasteiger partial charge in [0.1, 0.15) is 0 Å². The predicted octanol–water partition coefficient (Wildman–Crippen LogP) is 0.761. The second-order valence-corrected chi connectivity index (χ2v) is 5.59. The van der Waals surface area contributed by atoms with Gasteiger partial charge in [-0.25, -0.2) is 0 Å². The maximum Gasteiger partial charge on any atom is 0.242 e. The molecule has 5 nitrogen and oxygen atoms in total. The van der Waals surface area contributed by atoms with Crippen LogP contribution in [0.1, 0.15) is 18.4 Å². The smallest absolute Gasteiger partial charge is 0.242 e. The molecule has 1 fully saturated rings. The van der Waals surface area contributed by atoms with Crippen molar-refractivity contribution in [1.82, 2.24) is 15.5 Å². The molecule has 0 atom stereocenters. The topological polar surface area (TPSA) is 61.4 Å². The molecule has 21 heavy (non-hydrogen) atoms. The molecule has 2 N–H and O–H groups in total. The lowest BCUT2D eigenvalue weighted by Crippen LogP contribution is -2.41. The van der Waals surface area contributed by atoms with Crippen LogP contribution in [-0.2, 0) is 16.1 Å². The van der Waals surface area contributed by atoms with E-state index in [9.17, 15) is 9.59 Å². The molecule has 114 valence electrons. The summed E-state index contributed by atoms with van der Waals surface area (Å²) in [5, 5.41) is 5.75. The van der Waals surface area contributed by atoms with Gasteiger partial charge in [-0.1, -0.05) is 30.3 Å². The van der Waals surface area contributed by atoms with E-state index in [1.165, 1.54) is 12.8 Å². The van der Waals surface area contributed by atoms with Crippen LogP contribution in [-0.4, -0.2) is 43.4 Å². The normalized spacial score (nSPS) is 13.8. The van der Waals surface area contributed by atoms with Crippen molar-refractivity contribution in [2.45, 2.75) is 19.4 Å². The molecular weight excluding hydrogens is 266 g/mol. The number of hydrogen-bond donors (Lipinski definition) is 2. The summed E-state index contributed by atoms with van der Waals surface area (Å²) in [4.78, 5) is 25.1. The van der Waals surface area contributed by atoms with Crippen LogP contribution in [0.4, 0.5) is 0 Å². The molecule has 0 aliphatic heterocycles. The third-order valence-corrected chi connectivity index (χ3v) is 3.54. The van der Waals surface area contributed by atoms with Gasteiger partial charge in [-0.3, -0.25) is 9.59 Å². The molecule has 0 unspecified atom stereocenters. The third kappa shape index (κ3) is 5.95. The summed E-state index contributed by atoms with van der Waals surface area (Å²) in [6.45, 7) is 1.78. The molecule has 1 aromatic rings. The summed E-state index contributed by atoms with van der Waals surface area (Å²) in [6, 6.07) is 9.79. The molecule has 1 aromatic carbocycles. The van der Waals surface area contributed by atoms with Crippen molar-refractivity contribution in [1.29, 1.82) is 0 Å². The van der Waals surface area contributed by atoms with E-state index in [1.807, 2.05) is 30.3 Å². The van der Waals surface area contributed by atoms with Crippen molar-refractivity contribution in [3.05, 3.63) is 35.9 Å². The maximum atomic E-state index is 11.9. The zero-order chi connectivity index (χ0) is 15.1. The molecule has 1 aliphatic rings. The Labute approximate surface area is 125 Å². The first-order chi connectivity index (χ1) is 10.1. The highest BCUT2D eigenvalue weighted by Gasteiger charge is 2.20. The largest absolute Gasteiger partial charge is 0.346 e. The van der Waals surface area contributed by atoms with E-state index >= 15 is 0 Å². The first-order valence-corrected chi connectivity index (χ1v) is 7.40. The van der Waals surface area contributed by atoms with Gasteiger partial charge in [-0.15, -0.1) is 0 Å². The van der Waals surface area contributed by atoms with Crippen molar-refractivity contribution >= 4 is 11.8 Å². The molecule has 1 aliphatic carbocycles. The van der Waals surface area contributed by atoms with E-state index < -0.39 is 0 Å². The molecule has 2 rings (SSSR count). The van der Waals surface area contributed by atoms with E-state index in [4.69, 9.17) is 0 Å². The van der Waals surface area contributed by atoms with Crippen LogP contribution in [0.2, 0.25) is 0 Å². The molecular formula is C16H23N3O2. The fourth-order valence-corrected chi connectivity index (χ4v) is 2.03. The summed E-state index contributed by atoms with van der Waals surface area (Å²) < 4.78 is 0. The van der Waals surface area contributed by atoms with Gasteiger partial charge in [0, 0.05) is 13.6 Å². The average molecular weight is 289 g/mol. The zero-order valence-corrected chi connectivity index (χ0v) is 12.5. The Bertz CT molecular complexity index is 472. The van der Waals surface area contributed by atoms with E-state index in [1.54, 1.807) is 11.9 Å². The minimum absolute atomic E-state index is 0.0489. The highest BCUT2D eigenvalue weighted by atomic mass is 16.2. The van der Waals surface area contributed by atoms with Gasteiger partial charge in [0.25, 0.3) is 0 Å². The number of amides is 2. The Morgan fingerprint density at radius 3 is 2.57 bits per heavy atom. The highest BCUT2D eigenvalue weighted by molar-refractivity contribution is 5.85. The zero-order valence-electron chi connectivity index (χ0n) is 12.5. The highest BCUT2D eigenvalue weighted by Crippen LogP contribution is 2.27. The number of likely N-dealkylation sites (N-methyl/N-ethyl adjacent to an activating group) is 1. The van der Waals surface area contributed by atoms with Crippen molar-refractivity contribution in [2.75, 3.05) is 26.7 Å². The number of rotatable bonds is 8. The standard InChI is InChI=1S/C16H23N3O2/c1-19(12-14-5-3-2-4-6-14)16(21)11-18-15(20)10-17-9-13-7-8-13/h2-6,13,17H,7-12H2,1H3,(H,18,20). The van der Waals surface area contributed by atoms with Crippen molar-refractivity contribution < 1.29 is 9.59 Å². The molecule has 2 amide bonds. The van der Waals surface area contributed by atoms with E-state index in [0.717, 1.165) is 18.0 Å². The van der Waals surface area contributed by atoms with Gasteiger partial charge < -0.3 is 15.5 Å². The minimum Gasteiger partial charge on any atom is -0.346 e. The molecule has 5 heteroatoms. The summed E-state index contributed by atoms with van der Waals surface area (Å²) >= 11 is 0. The van der Waals surface area contributed by atoms with Crippen LogP contribution in [0.3, 0.4) is 0 Å². The van der Waals surface area contributed by atoms with Gasteiger partial charge in [0.15, 0.2) is 0 Å². The number of nitrogens with one attached hydrogen (secondary N) is 2. The summed E-state index contributed by atoms with van der Waals surface area (Å²) in [5.74, 6) is 0.531. The fraction of sp³-hybridized carbons (Fsp3) is 0.500. The second kappa shape index (κ2) is 7.78. The predicted molar refractivity (Wildman–Crippen MR) is 81.5 cm³/mol. The van der Waals surface area contributed by atoms with Crippen LogP contribution < -0.4 is 10.6 Å². The van der Waals surface area contributed by atoms with Gasteiger partial charge in [-0.05, 0) is 30.9 Å². The van der Waals surface area contributed by atoms with E-state index in [2.05, 4.69) is 10.6 Å². The SMILES string of the molecule is CN(Cc1ccccc1)C(=O)CNC(=O)CNCC1CC1. The fourth-order valence-electron chi connectivity index (χ4n) is 2.03. The van der Waals surface area contributed by atoms with Gasteiger partial charge >= 0.3 is 0 Å². The first-order valence-electron chi connectivity index (χ1n) is 7.40.